The minimum absolute atomic E-state index is 0.110. The van der Waals surface area contributed by atoms with Gasteiger partial charge in [0.15, 0.2) is 11.5 Å². The second-order valence-corrected chi connectivity index (χ2v) is 4.81. The molecule has 0 saturated carbocycles. The smallest absolute Gasteiger partial charge is 0.290 e. The van der Waals surface area contributed by atoms with Crippen LogP contribution >= 0.6 is 0 Å². The van der Waals surface area contributed by atoms with Crippen LogP contribution in [0.25, 0.3) is 6.08 Å². The van der Waals surface area contributed by atoms with Gasteiger partial charge in [-0.05, 0) is 30.7 Å². The fraction of sp³-hybridized carbons (Fsp3) is 0.333. The lowest BCUT2D eigenvalue weighted by Gasteiger charge is -2.07. The van der Waals surface area contributed by atoms with Crippen molar-refractivity contribution in [2.45, 2.75) is 6.92 Å². The molecule has 0 bridgehead atoms. The summed E-state index contributed by atoms with van der Waals surface area (Å²) < 4.78 is 37.4. The highest BCUT2D eigenvalue weighted by atomic mass is 32.2. The average Bonchev–Trinajstić information content (AvgIpc) is 2.36. The van der Waals surface area contributed by atoms with Crippen molar-refractivity contribution in [3.05, 3.63) is 29.2 Å². The summed E-state index contributed by atoms with van der Waals surface area (Å²) in [7, 11) is -0.567. The second kappa shape index (κ2) is 6.42. The monoisotopic (exact) mass is 272 g/mol. The number of rotatable bonds is 6. The third kappa shape index (κ3) is 4.05. The molecule has 0 heterocycles. The Morgan fingerprint density at radius 1 is 1.17 bits per heavy atom. The summed E-state index contributed by atoms with van der Waals surface area (Å²) in [5, 5.41) is 1.01. The average molecular weight is 272 g/mol. The summed E-state index contributed by atoms with van der Waals surface area (Å²) >= 11 is 0. The van der Waals surface area contributed by atoms with E-state index >= 15 is 0 Å². The van der Waals surface area contributed by atoms with E-state index in [-0.39, 0.29) is 6.61 Å². The maximum Gasteiger partial charge on any atom is 0.290 e. The lowest BCUT2D eigenvalue weighted by Crippen LogP contribution is -2.00. The molecule has 6 heteroatoms. The van der Waals surface area contributed by atoms with Crippen molar-refractivity contribution in [3.8, 4) is 11.5 Å². The predicted octanol–water partition coefficient (Wildman–Crippen LogP) is 2.04. The van der Waals surface area contributed by atoms with Crippen LogP contribution in [-0.4, -0.2) is 29.2 Å². The Morgan fingerprint density at radius 2 is 1.83 bits per heavy atom. The molecule has 0 aromatic heterocycles. The molecule has 0 N–H and O–H groups in total. The van der Waals surface area contributed by atoms with Gasteiger partial charge >= 0.3 is 0 Å². The van der Waals surface area contributed by atoms with Gasteiger partial charge in [-0.3, -0.25) is 4.18 Å². The first kappa shape index (κ1) is 14.5. The van der Waals surface area contributed by atoms with Crippen molar-refractivity contribution in [3.63, 3.8) is 0 Å². The van der Waals surface area contributed by atoms with Crippen LogP contribution in [0.5, 0.6) is 11.5 Å². The van der Waals surface area contributed by atoms with Crippen molar-refractivity contribution in [2.24, 2.45) is 0 Å². The van der Waals surface area contributed by atoms with E-state index in [0.29, 0.717) is 17.1 Å². The summed E-state index contributed by atoms with van der Waals surface area (Å²) in [6.07, 6.45) is 1.44. The molecule has 0 saturated heterocycles. The molecule has 1 aromatic rings. The fourth-order valence-electron chi connectivity index (χ4n) is 1.32. The molecule has 0 radical (unpaired) electrons. The van der Waals surface area contributed by atoms with Crippen LogP contribution in [0, 0.1) is 0 Å². The van der Waals surface area contributed by atoms with Crippen LogP contribution in [0.1, 0.15) is 12.5 Å². The van der Waals surface area contributed by atoms with Crippen molar-refractivity contribution in [1.29, 1.82) is 0 Å². The minimum Gasteiger partial charge on any atom is -0.493 e. The molecule has 0 unspecified atom stereocenters. The molecular weight excluding hydrogens is 256 g/mol. The Labute approximate surface area is 107 Å². The highest BCUT2D eigenvalue weighted by molar-refractivity contribution is 7.89. The lowest BCUT2D eigenvalue weighted by molar-refractivity contribution is 0.345. The second-order valence-electron chi connectivity index (χ2n) is 3.32. The Morgan fingerprint density at radius 3 is 2.39 bits per heavy atom. The normalized spacial score (nSPS) is 11.7. The zero-order chi connectivity index (χ0) is 13.6. The van der Waals surface area contributed by atoms with Gasteiger partial charge in [-0.15, -0.1) is 0 Å². The van der Waals surface area contributed by atoms with E-state index in [1.165, 1.54) is 20.3 Å². The molecule has 0 aliphatic rings. The van der Waals surface area contributed by atoms with E-state index < -0.39 is 10.1 Å². The van der Waals surface area contributed by atoms with Crippen LogP contribution in [0.15, 0.2) is 23.6 Å². The first-order valence-corrected chi connectivity index (χ1v) is 6.79. The molecule has 1 aromatic carbocycles. The summed E-state index contributed by atoms with van der Waals surface area (Å²) in [5.41, 5.74) is 0.677. The van der Waals surface area contributed by atoms with Crippen molar-refractivity contribution in [1.82, 2.24) is 0 Å². The summed E-state index contributed by atoms with van der Waals surface area (Å²) in [6.45, 7) is 1.72. The maximum absolute atomic E-state index is 11.3. The first-order valence-electron chi connectivity index (χ1n) is 5.32. The van der Waals surface area contributed by atoms with Crippen LogP contribution < -0.4 is 9.47 Å². The number of hydrogen-bond donors (Lipinski definition) is 0. The third-order valence-electron chi connectivity index (χ3n) is 2.12. The summed E-state index contributed by atoms with van der Waals surface area (Å²) in [5.74, 6) is 1.12. The Balaban J connectivity index is 2.95. The molecule has 0 fully saturated rings. The van der Waals surface area contributed by atoms with Crippen LogP contribution in [0.3, 0.4) is 0 Å². The standard InChI is InChI=1S/C12H16O5S/c1-4-17-18(13,14)8-7-10-5-6-11(15-2)12(9-10)16-3/h5-9H,4H2,1-3H3/b8-7+. The minimum atomic E-state index is -3.62. The van der Waals surface area contributed by atoms with Crippen LogP contribution in [-0.2, 0) is 14.3 Å². The maximum atomic E-state index is 11.3. The van der Waals surface area contributed by atoms with Gasteiger partial charge in [0.1, 0.15) is 0 Å². The van der Waals surface area contributed by atoms with Crippen molar-refractivity contribution >= 4 is 16.2 Å². The molecule has 0 spiro atoms. The quantitative estimate of drug-likeness (QED) is 0.742. The Kier molecular flexibility index (Phi) is 5.18. The number of methoxy groups -OCH3 is 2. The number of ether oxygens (including phenoxy) is 2. The molecule has 0 atom stereocenters. The van der Waals surface area contributed by atoms with E-state index in [2.05, 4.69) is 4.18 Å². The van der Waals surface area contributed by atoms with Gasteiger partial charge in [0, 0.05) is 0 Å². The van der Waals surface area contributed by atoms with Gasteiger partial charge < -0.3 is 9.47 Å². The van der Waals surface area contributed by atoms with Gasteiger partial charge in [0.05, 0.1) is 26.2 Å². The highest BCUT2D eigenvalue weighted by Gasteiger charge is 2.06. The zero-order valence-electron chi connectivity index (χ0n) is 10.5. The van der Waals surface area contributed by atoms with Gasteiger partial charge in [-0.1, -0.05) is 6.07 Å². The van der Waals surface area contributed by atoms with E-state index in [0.717, 1.165) is 5.41 Å². The molecule has 0 aliphatic carbocycles. The molecule has 1 rings (SSSR count). The van der Waals surface area contributed by atoms with Crippen LogP contribution in [0.4, 0.5) is 0 Å². The fourth-order valence-corrected chi connectivity index (χ4v) is 2.05. The van der Waals surface area contributed by atoms with Crippen molar-refractivity contribution < 1.29 is 22.1 Å². The highest BCUT2D eigenvalue weighted by Crippen LogP contribution is 2.28. The van der Waals surface area contributed by atoms with Crippen LogP contribution in [0.2, 0.25) is 0 Å². The zero-order valence-corrected chi connectivity index (χ0v) is 11.4. The van der Waals surface area contributed by atoms with Gasteiger partial charge in [0.2, 0.25) is 0 Å². The number of hydrogen-bond acceptors (Lipinski definition) is 5. The topological polar surface area (TPSA) is 61.8 Å². The summed E-state index contributed by atoms with van der Waals surface area (Å²) in [6, 6.07) is 5.10. The predicted molar refractivity (Wildman–Crippen MR) is 69.1 cm³/mol. The molecule has 5 nitrogen and oxygen atoms in total. The van der Waals surface area contributed by atoms with Gasteiger partial charge in [-0.25, -0.2) is 0 Å². The molecule has 0 amide bonds. The van der Waals surface area contributed by atoms with E-state index in [1.807, 2.05) is 0 Å². The molecule has 0 aliphatic heterocycles. The summed E-state index contributed by atoms with van der Waals surface area (Å²) in [4.78, 5) is 0. The van der Waals surface area contributed by atoms with E-state index in [1.54, 1.807) is 25.1 Å². The third-order valence-corrected chi connectivity index (χ3v) is 3.15. The van der Waals surface area contributed by atoms with Gasteiger partial charge in [0.25, 0.3) is 10.1 Å². The Bertz CT molecular complexity index is 519. The number of benzene rings is 1. The first-order chi connectivity index (χ1) is 8.52. The van der Waals surface area contributed by atoms with Gasteiger partial charge in [-0.2, -0.15) is 8.42 Å². The Hall–Kier alpha value is -1.53. The largest absolute Gasteiger partial charge is 0.493 e. The van der Waals surface area contributed by atoms with Crippen molar-refractivity contribution in [2.75, 3.05) is 20.8 Å². The molecule has 18 heavy (non-hydrogen) atoms. The van der Waals surface area contributed by atoms with E-state index in [9.17, 15) is 8.42 Å². The molecular formula is C12H16O5S. The van der Waals surface area contributed by atoms with E-state index in [4.69, 9.17) is 9.47 Å². The molecule has 100 valence electrons. The lowest BCUT2D eigenvalue weighted by atomic mass is 10.2. The SMILES string of the molecule is CCOS(=O)(=O)/C=C/c1ccc(OC)c(OC)c1.